The number of alkyl halides is 1. The Kier molecular flexibility index (Phi) is 6.14. The van der Waals surface area contributed by atoms with E-state index in [1.807, 2.05) is 48.5 Å². The fraction of sp³-hybridized carbons (Fsp3) is 0.308. The first-order chi connectivity index (χ1) is 14.7. The Morgan fingerprint density at radius 3 is 2.16 bits per heavy atom. The molecule has 0 spiro atoms. The largest absolute Gasteiger partial charge is 0.292 e. The van der Waals surface area contributed by atoms with Gasteiger partial charge in [0.05, 0.1) is 6.04 Å². The average Bonchev–Trinajstić information content (AvgIpc) is 2.66. The fourth-order valence-electron chi connectivity index (χ4n) is 4.79. The first-order valence-electron chi connectivity index (χ1n) is 10.3. The van der Waals surface area contributed by atoms with E-state index in [-0.39, 0.29) is 12.0 Å². The van der Waals surface area contributed by atoms with E-state index in [0.717, 1.165) is 17.2 Å². The maximum Gasteiger partial charge on any atom is 0.126 e. The molecule has 0 saturated carbocycles. The summed E-state index contributed by atoms with van der Waals surface area (Å²) in [5, 5.41) is 0.663. The van der Waals surface area contributed by atoms with Crippen LogP contribution in [0.15, 0.2) is 66.7 Å². The van der Waals surface area contributed by atoms with E-state index in [1.54, 1.807) is 0 Å². The quantitative estimate of drug-likeness (QED) is 0.398. The number of likely N-dealkylation sites (tertiary alicyclic amines) is 1. The zero-order valence-corrected chi connectivity index (χ0v) is 18.2. The van der Waals surface area contributed by atoms with E-state index < -0.39 is 23.2 Å². The minimum absolute atomic E-state index is 0.0291. The lowest BCUT2D eigenvalue weighted by Gasteiger charge is -2.50. The molecule has 1 aliphatic heterocycles. The van der Waals surface area contributed by atoms with Gasteiger partial charge in [0.2, 0.25) is 0 Å². The Morgan fingerprint density at radius 2 is 1.61 bits per heavy atom. The van der Waals surface area contributed by atoms with Crippen molar-refractivity contribution in [3.63, 3.8) is 0 Å². The highest BCUT2D eigenvalue weighted by molar-refractivity contribution is 6.30. The minimum atomic E-state index is -1.62. The number of halogens is 4. The van der Waals surface area contributed by atoms with Crippen LogP contribution in [0.25, 0.3) is 0 Å². The van der Waals surface area contributed by atoms with E-state index in [4.69, 9.17) is 11.6 Å². The third-order valence-electron chi connectivity index (χ3n) is 5.99. The molecule has 1 nitrogen and oxygen atoms in total. The zero-order chi connectivity index (χ0) is 22.2. The molecule has 0 aliphatic carbocycles. The molecule has 2 atom stereocenters. The predicted octanol–water partition coefficient (Wildman–Crippen LogP) is 6.97. The monoisotopic (exact) mass is 442 g/mol. The van der Waals surface area contributed by atoms with Gasteiger partial charge in [-0.2, -0.15) is 0 Å². The normalized spacial score (nSPS) is 17.2. The van der Waals surface area contributed by atoms with Gasteiger partial charge in [0.25, 0.3) is 0 Å². The Labute approximate surface area is 186 Å². The van der Waals surface area contributed by atoms with Crippen LogP contribution >= 0.6 is 11.6 Å². The van der Waals surface area contributed by atoms with Crippen LogP contribution < -0.4 is 0 Å². The molecule has 5 heteroatoms. The SMILES string of the molecule is CC(C)(F)[C@H](c1cc(F)cc(F)c1)C1CN(C(c2c[c]ccc2)c2ccc(Cl)cc2)C1. The van der Waals surface area contributed by atoms with Gasteiger partial charge in [-0.25, -0.2) is 13.2 Å². The third-order valence-corrected chi connectivity index (χ3v) is 6.24. The van der Waals surface area contributed by atoms with Crippen LogP contribution in [-0.2, 0) is 0 Å². The summed E-state index contributed by atoms with van der Waals surface area (Å²) in [6, 6.07) is 21.9. The van der Waals surface area contributed by atoms with E-state index in [1.165, 1.54) is 26.0 Å². The van der Waals surface area contributed by atoms with Gasteiger partial charge in [-0.15, -0.1) is 0 Å². The van der Waals surface area contributed by atoms with Crippen LogP contribution in [0.4, 0.5) is 13.2 Å². The van der Waals surface area contributed by atoms with Gasteiger partial charge in [-0.3, -0.25) is 4.90 Å². The number of nitrogens with zero attached hydrogens (tertiary/aromatic N) is 1. The van der Waals surface area contributed by atoms with Crippen molar-refractivity contribution in [2.24, 2.45) is 5.92 Å². The van der Waals surface area contributed by atoms with Gasteiger partial charge < -0.3 is 0 Å². The molecule has 0 bridgehead atoms. The Hall–Kier alpha value is -2.30. The average molecular weight is 443 g/mol. The fourth-order valence-corrected chi connectivity index (χ4v) is 4.92. The van der Waals surface area contributed by atoms with Crippen LogP contribution in [0.1, 0.15) is 42.5 Å². The molecule has 3 aromatic rings. The van der Waals surface area contributed by atoms with E-state index >= 15 is 4.39 Å². The second-order valence-corrected chi connectivity index (χ2v) is 9.19. The van der Waals surface area contributed by atoms with Gasteiger partial charge in [-0.1, -0.05) is 41.9 Å². The summed E-state index contributed by atoms with van der Waals surface area (Å²) in [5.41, 5.74) is 0.907. The molecular formula is C26H24ClF3N. The summed E-state index contributed by atoms with van der Waals surface area (Å²) in [4.78, 5) is 2.26. The number of hydrogen-bond acceptors (Lipinski definition) is 1. The summed E-state index contributed by atoms with van der Waals surface area (Å²) in [5.74, 6) is -2.04. The standard InChI is InChI=1S/C26H24ClF3N/c1-26(2,30)24(19-12-22(28)14-23(29)13-19)20-15-31(16-20)25(17-6-4-3-5-7-17)18-8-10-21(27)11-9-18/h3-4,6-14,20,24-25H,15-16H2,1-2H3/t24-,25?/m1/s1. The van der Waals surface area contributed by atoms with E-state index in [0.29, 0.717) is 23.7 Å². The lowest BCUT2D eigenvalue weighted by atomic mass is 9.72. The smallest absolute Gasteiger partial charge is 0.126 e. The van der Waals surface area contributed by atoms with E-state index in [2.05, 4.69) is 11.0 Å². The molecule has 161 valence electrons. The van der Waals surface area contributed by atoms with Crippen LogP contribution in [0.3, 0.4) is 0 Å². The molecule has 1 unspecified atom stereocenters. The van der Waals surface area contributed by atoms with Crippen molar-refractivity contribution in [1.29, 1.82) is 0 Å². The molecule has 0 aromatic heterocycles. The molecule has 0 amide bonds. The van der Waals surface area contributed by atoms with E-state index in [9.17, 15) is 8.78 Å². The lowest BCUT2D eigenvalue weighted by Crippen LogP contribution is -2.53. The molecule has 1 radical (unpaired) electrons. The summed E-state index contributed by atoms with van der Waals surface area (Å²) < 4.78 is 42.9. The third kappa shape index (κ3) is 4.81. The van der Waals surface area contributed by atoms with Gasteiger partial charge in [0, 0.05) is 30.1 Å². The molecule has 31 heavy (non-hydrogen) atoms. The molecular weight excluding hydrogens is 419 g/mol. The van der Waals surface area contributed by atoms with Crippen molar-refractivity contribution in [1.82, 2.24) is 4.90 Å². The van der Waals surface area contributed by atoms with Crippen LogP contribution in [-0.4, -0.2) is 23.7 Å². The first kappa shape index (κ1) is 21.9. The Morgan fingerprint density at radius 1 is 0.968 bits per heavy atom. The van der Waals surface area contributed by atoms with Crippen LogP contribution in [0.5, 0.6) is 0 Å². The van der Waals surface area contributed by atoms with Crippen LogP contribution in [0.2, 0.25) is 5.02 Å². The van der Waals surface area contributed by atoms with Gasteiger partial charge >= 0.3 is 0 Å². The zero-order valence-electron chi connectivity index (χ0n) is 17.5. The summed E-state index contributed by atoms with van der Waals surface area (Å²) in [7, 11) is 0. The highest BCUT2D eigenvalue weighted by atomic mass is 35.5. The van der Waals surface area contributed by atoms with Crippen molar-refractivity contribution in [2.75, 3.05) is 13.1 Å². The lowest BCUT2D eigenvalue weighted by molar-refractivity contribution is 0.00804. The molecule has 1 aliphatic rings. The highest BCUT2D eigenvalue weighted by Gasteiger charge is 2.45. The Balaban J connectivity index is 1.62. The summed E-state index contributed by atoms with van der Waals surface area (Å²) >= 11 is 6.08. The van der Waals surface area contributed by atoms with Crippen molar-refractivity contribution in [2.45, 2.75) is 31.5 Å². The van der Waals surface area contributed by atoms with Crippen molar-refractivity contribution < 1.29 is 13.2 Å². The highest BCUT2D eigenvalue weighted by Crippen LogP contribution is 2.45. The maximum absolute atomic E-state index is 15.2. The van der Waals surface area contributed by atoms with Crippen LogP contribution in [0, 0.1) is 23.6 Å². The first-order valence-corrected chi connectivity index (χ1v) is 10.7. The molecule has 4 rings (SSSR count). The second kappa shape index (κ2) is 8.68. The molecule has 1 heterocycles. The predicted molar refractivity (Wildman–Crippen MR) is 118 cm³/mol. The summed E-state index contributed by atoms with van der Waals surface area (Å²) in [6.45, 7) is 4.18. The van der Waals surface area contributed by atoms with Gasteiger partial charge in [0.15, 0.2) is 0 Å². The second-order valence-electron chi connectivity index (χ2n) is 8.75. The number of benzene rings is 3. The number of rotatable bonds is 6. The van der Waals surface area contributed by atoms with Crippen molar-refractivity contribution >= 4 is 11.6 Å². The van der Waals surface area contributed by atoms with Gasteiger partial charge in [-0.05, 0) is 72.9 Å². The topological polar surface area (TPSA) is 3.24 Å². The van der Waals surface area contributed by atoms with Crippen molar-refractivity contribution in [3.05, 3.63) is 106 Å². The molecule has 0 N–H and O–H groups in total. The molecule has 1 saturated heterocycles. The Bertz CT molecular complexity index is 1000. The number of hydrogen-bond donors (Lipinski definition) is 0. The minimum Gasteiger partial charge on any atom is -0.292 e. The molecule has 1 fully saturated rings. The molecule has 3 aromatic carbocycles. The van der Waals surface area contributed by atoms with Gasteiger partial charge in [0.1, 0.15) is 17.3 Å². The van der Waals surface area contributed by atoms with Crippen molar-refractivity contribution in [3.8, 4) is 0 Å². The summed E-state index contributed by atoms with van der Waals surface area (Å²) in [6.07, 6.45) is 0. The maximum atomic E-state index is 15.2.